The Morgan fingerprint density at radius 3 is 2.93 bits per heavy atom. The Bertz CT molecular complexity index is 301. The van der Waals surface area contributed by atoms with Crippen LogP contribution in [0.15, 0.2) is 41.4 Å². The van der Waals surface area contributed by atoms with E-state index < -0.39 is 0 Å². The minimum absolute atomic E-state index is 0.650. The molecule has 0 unspecified atom stereocenters. The van der Waals surface area contributed by atoms with Crippen LogP contribution in [0.2, 0.25) is 0 Å². The lowest BCUT2D eigenvalue weighted by Gasteiger charge is -2.06. The molecule has 0 aliphatic carbocycles. The molecule has 0 heterocycles. The van der Waals surface area contributed by atoms with Crippen LogP contribution in [0, 0.1) is 0 Å². The summed E-state index contributed by atoms with van der Waals surface area (Å²) in [5.74, 6) is 0. The van der Waals surface area contributed by atoms with E-state index in [1.165, 1.54) is 5.56 Å². The van der Waals surface area contributed by atoms with Crippen LogP contribution in [0.1, 0.15) is 5.56 Å². The molecule has 0 saturated heterocycles. The monoisotopic (exact) mass is 269 g/mol. The Balaban J connectivity index is 2.15. The topological polar surface area (TPSA) is 21.3 Å². The Morgan fingerprint density at radius 1 is 1.40 bits per heavy atom. The molecule has 0 spiro atoms. The summed E-state index contributed by atoms with van der Waals surface area (Å²) in [5, 5.41) is 3.18. The fraction of sp³-hybridized carbons (Fsp3) is 0.333. The van der Waals surface area contributed by atoms with Gasteiger partial charge in [0.05, 0.1) is 13.2 Å². The Kier molecular flexibility index (Phi) is 6.32. The molecule has 0 aliphatic heterocycles. The van der Waals surface area contributed by atoms with Gasteiger partial charge in [0.1, 0.15) is 0 Å². The molecule has 0 aromatic heterocycles. The number of benzene rings is 1. The third kappa shape index (κ3) is 5.11. The third-order valence-electron chi connectivity index (χ3n) is 1.93. The van der Waals surface area contributed by atoms with Crippen molar-refractivity contribution in [2.24, 2.45) is 0 Å². The van der Waals surface area contributed by atoms with Crippen molar-refractivity contribution in [2.45, 2.75) is 6.61 Å². The molecule has 0 aliphatic rings. The van der Waals surface area contributed by atoms with E-state index in [-0.39, 0.29) is 0 Å². The van der Waals surface area contributed by atoms with E-state index in [1.807, 2.05) is 24.3 Å². The summed E-state index contributed by atoms with van der Waals surface area (Å²) >= 11 is 3.48. The molecule has 0 atom stereocenters. The lowest BCUT2D eigenvalue weighted by molar-refractivity contribution is 0.123. The molecule has 0 bridgehead atoms. The first kappa shape index (κ1) is 12.4. The summed E-state index contributed by atoms with van der Waals surface area (Å²) < 4.78 is 6.62. The van der Waals surface area contributed by atoms with Crippen LogP contribution in [0.5, 0.6) is 0 Å². The average Bonchev–Trinajstić information content (AvgIpc) is 2.25. The number of hydrogen-bond acceptors (Lipinski definition) is 2. The molecule has 82 valence electrons. The SMILES string of the molecule is C=CCNCCOCc1ccccc1Br. The average molecular weight is 270 g/mol. The fourth-order valence-electron chi connectivity index (χ4n) is 1.15. The Labute approximate surface area is 99.5 Å². The second-order valence-corrected chi connectivity index (χ2v) is 3.99. The van der Waals surface area contributed by atoms with Gasteiger partial charge in [0.15, 0.2) is 0 Å². The highest BCUT2D eigenvalue weighted by molar-refractivity contribution is 9.10. The van der Waals surface area contributed by atoms with E-state index in [4.69, 9.17) is 4.74 Å². The number of ether oxygens (including phenoxy) is 1. The molecule has 0 saturated carbocycles. The van der Waals surface area contributed by atoms with Crippen LogP contribution >= 0.6 is 15.9 Å². The summed E-state index contributed by atoms with van der Waals surface area (Å²) in [6.07, 6.45) is 1.84. The van der Waals surface area contributed by atoms with Gasteiger partial charge in [-0.2, -0.15) is 0 Å². The van der Waals surface area contributed by atoms with Crippen LogP contribution in [-0.2, 0) is 11.3 Å². The molecule has 0 radical (unpaired) electrons. The predicted octanol–water partition coefficient (Wildman–Crippen LogP) is 2.74. The molecule has 1 rings (SSSR count). The molecule has 2 nitrogen and oxygen atoms in total. The highest BCUT2D eigenvalue weighted by atomic mass is 79.9. The predicted molar refractivity (Wildman–Crippen MR) is 66.9 cm³/mol. The van der Waals surface area contributed by atoms with Crippen molar-refractivity contribution in [3.8, 4) is 0 Å². The van der Waals surface area contributed by atoms with Gasteiger partial charge in [0, 0.05) is 17.6 Å². The van der Waals surface area contributed by atoms with Gasteiger partial charge in [0.25, 0.3) is 0 Å². The minimum atomic E-state index is 0.650. The van der Waals surface area contributed by atoms with Gasteiger partial charge < -0.3 is 10.1 Å². The molecule has 0 fully saturated rings. The zero-order valence-corrected chi connectivity index (χ0v) is 10.3. The fourth-order valence-corrected chi connectivity index (χ4v) is 1.55. The maximum absolute atomic E-state index is 5.52. The van der Waals surface area contributed by atoms with E-state index in [1.54, 1.807) is 0 Å². The molecule has 3 heteroatoms. The summed E-state index contributed by atoms with van der Waals surface area (Å²) in [6.45, 7) is 6.68. The third-order valence-corrected chi connectivity index (χ3v) is 2.70. The highest BCUT2D eigenvalue weighted by Gasteiger charge is 1.97. The smallest absolute Gasteiger partial charge is 0.0728 e. The number of rotatable bonds is 7. The first-order chi connectivity index (χ1) is 7.34. The highest BCUT2D eigenvalue weighted by Crippen LogP contribution is 2.16. The first-order valence-electron chi connectivity index (χ1n) is 4.97. The Hall–Kier alpha value is -0.640. The molecule has 1 N–H and O–H groups in total. The summed E-state index contributed by atoms with van der Waals surface area (Å²) in [7, 11) is 0. The molecular formula is C12H16BrNO. The Morgan fingerprint density at radius 2 is 2.20 bits per heavy atom. The van der Waals surface area contributed by atoms with Crippen LogP contribution < -0.4 is 5.32 Å². The van der Waals surface area contributed by atoms with Crippen molar-refractivity contribution in [1.82, 2.24) is 5.32 Å². The van der Waals surface area contributed by atoms with Crippen LogP contribution in [0.25, 0.3) is 0 Å². The normalized spacial score (nSPS) is 10.2. The quantitative estimate of drug-likeness (QED) is 0.607. The maximum atomic E-state index is 5.52. The van der Waals surface area contributed by atoms with Crippen molar-refractivity contribution in [3.63, 3.8) is 0 Å². The lowest BCUT2D eigenvalue weighted by atomic mass is 10.2. The van der Waals surface area contributed by atoms with Crippen LogP contribution in [0.3, 0.4) is 0 Å². The van der Waals surface area contributed by atoms with Crippen LogP contribution in [-0.4, -0.2) is 19.7 Å². The van der Waals surface area contributed by atoms with Gasteiger partial charge in [0.2, 0.25) is 0 Å². The lowest BCUT2D eigenvalue weighted by Crippen LogP contribution is -2.19. The van der Waals surface area contributed by atoms with E-state index in [0.29, 0.717) is 6.61 Å². The van der Waals surface area contributed by atoms with Crippen molar-refractivity contribution in [3.05, 3.63) is 47.0 Å². The van der Waals surface area contributed by atoms with Gasteiger partial charge in [-0.3, -0.25) is 0 Å². The second kappa shape index (κ2) is 7.63. The molecule has 1 aromatic rings. The standard InChI is InChI=1S/C12H16BrNO/c1-2-7-14-8-9-15-10-11-5-3-4-6-12(11)13/h2-6,14H,1,7-10H2. The zero-order chi connectivity index (χ0) is 10.9. The van der Waals surface area contributed by atoms with E-state index in [2.05, 4.69) is 33.9 Å². The van der Waals surface area contributed by atoms with E-state index in [0.717, 1.165) is 24.2 Å². The van der Waals surface area contributed by atoms with Gasteiger partial charge in [-0.05, 0) is 11.6 Å². The number of halogens is 1. The summed E-state index contributed by atoms with van der Waals surface area (Å²) in [4.78, 5) is 0. The minimum Gasteiger partial charge on any atom is -0.375 e. The van der Waals surface area contributed by atoms with Crippen molar-refractivity contribution in [2.75, 3.05) is 19.7 Å². The molecule has 0 amide bonds. The second-order valence-electron chi connectivity index (χ2n) is 3.14. The number of nitrogens with one attached hydrogen (secondary N) is 1. The van der Waals surface area contributed by atoms with E-state index >= 15 is 0 Å². The van der Waals surface area contributed by atoms with Crippen LogP contribution in [0.4, 0.5) is 0 Å². The largest absolute Gasteiger partial charge is 0.375 e. The number of hydrogen-bond donors (Lipinski definition) is 1. The van der Waals surface area contributed by atoms with Gasteiger partial charge in [-0.25, -0.2) is 0 Å². The summed E-state index contributed by atoms with van der Waals surface area (Å²) in [6, 6.07) is 8.09. The van der Waals surface area contributed by atoms with Crippen molar-refractivity contribution < 1.29 is 4.74 Å². The molecule has 15 heavy (non-hydrogen) atoms. The maximum Gasteiger partial charge on any atom is 0.0728 e. The molecular weight excluding hydrogens is 254 g/mol. The van der Waals surface area contributed by atoms with Crippen molar-refractivity contribution in [1.29, 1.82) is 0 Å². The van der Waals surface area contributed by atoms with Gasteiger partial charge in [-0.15, -0.1) is 6.58 Å². The first-order valence-corrected chi connectivity index (χ1v) is 5.76. The zero-order valence-electron chi connectivity index (χ0n) is 8.71. The summed E-state index contributed by atoms with van der Waals surface area (Å²) in [5.41, 5.74) is 1.18. The molecule has 1 aromatic carbocycles. The van der Waals surface area contributed by atoms with Crippen molar-refractivity contribution >= 4 is 15.9 Å². The van der Waals surface area contributed by atoms with E-state index in [9.17, 15) is 0 Å². The van der Waals surface area contributed by atoms with Gasteiger partial charge in [-0.1, -0.05) is 40.2 Å². The van der Waals surface area contributed by atoms with Gasteiger partial charge >= 0.3 is 0 Å².